The Balaban J connectivity index is 2.33. The second kappa shape index (κ2) is 5.01. The third-order valence-electron chi connectivity index (χ3n) is 2.68. The van der Waals surface area contributed by atoms with Crippen LogP contribution in [0, 0.1) is 5.82 Å². The largest absolute Gasteiger partial charge is 0.495 e. The van der Waals surface area contributed by atoms with Crippen LogP contribution in [0.1, 0.15) is 0 Å². The molecule has 0 spiro atoms. The van der Waals surface area contributed by atoms with Crippen molar-refractivity contribution in [2.24, 2.45) is 0 Å². The van der Waals surface area contributed by atoms with Crippen molar-refractivity contribution >= 4 is 21.6 Å². The maximum Gasteiger partial charge on any atom is 0.143 e. The molecule has 0 saturated carbocycles. The van der Waals surface area contributed by atoms with Crippen molar-refractivity contribution in [2.75, 3.05) is 38.2 Å². The maximum atomic E-state index is 13.5. The molecule has 1 aliphatic rings. The highest BCUT2D eigenvalue weighted by Crippen LogP contribution is 2.33. The Kier molecular flexibility index (Phi) is 3.66. The van der Waals surface area contributed by atoms with E-state index in [1.165, 1.54) is 6.07 Å². The molecular weight excluding hydrogens is 275 g/mol. The summed E-state index contributed by atoms with van der Waals surface area (Å²) in [6.07, 6.45) is 0. The molecule has 0 bridgehead atoms. The van der Waals surface area contributed by atoms with Crippen LogP contribution in [0.3, 0.4) is 0 Å². The first-order chi connectivity index (χ1) is 7.72. The molecule has 1 aromatic carbocycles. The SMILES string of the molecule is COc1cc(Br)c(F)cc1N1CCNCC1. The number of benzene rings is 1. The van der Waals surface area contributed by atoms with E-state index in [1.807, 2.05) is 0 Å². The van der Waals surface area contributed by atoms with Crippen molar-refractivity contribution in [1.82, 2.24) is 5.32 Å². The van der Waals surface area contributed by atoms with Crippen LogP contribution in [0.4, 0.5) is 10.1 Å². The molecule has 3 nitrogen and oxygen atoms in total. The van der Waals surface area contributed by atoms with Gasteiger partial charge in [0.1, 0.15) is 11.6 Å². The summed E-state index contributed by atoms with van der Waals surface area (Å²) in [6.45, 7) is 3.58. The molecule has 2 rings (SSSR count). The summed E-state index contributed by atoms with van der Waals surface area (Å²) >= 11 is 3.16. The number of hydrogen-bond acceptors (Lipinski definition) is 3. The fourth-order valence-electron chi connectivity index (χ4n) is 1.83. The van der Waals surface area contributed by atoms with Crippen LogP contribution in [0.25, 0.3) is 0 Å². The summed E-state index contributed by atoms with van der Waals surface area (Å²) in [6, 6.07) is 3.20. The fraction of sp³-hybridized carbons (Fsp3) is 0.455. The van der Waals surface area contributed by atoms with Crippen LogP contribution >= 0.6 is 15.9 Å². The van der Waals surface area contributed by atoms with Crippen molar-refractivity contribution in [3.8, 4) is 5.75 Å². The van der Waals surface area contributed by atoms with Gasteiger partial charge in [-0.25, -0.2) is 4.39 Å². The van der Waals surface area contributed by atoms with Crippen LogP contribution in [-0.2, 0) is 0 Å². The van der Waals surface area contributed by atoms with E-state index in [-0.39, 0.29) is 5.82 Å². The third kappa shape index (κ3) is 2.30. The van der Waals surface area contributed by atoms with Gasteiger partial charge in [0.15, 0.2) is 0 Å². The summed E-state index contributed by atoms with van der Waals surface area (Å²) in [4.78, 5) is 2.13. The molecule has 0 atom stereocenters. The highest BCUT2D eigenvalue weighted by atomic mass is 79.9. The minimum Gasteiger partial charge on any atom is -0.495 e. The Hall–Kier alpha value is -0.810. The molecule has 0 aliphatic carbocycles. The zero-order chi connectivity index (χ0) is 11.5. The molecule has 16 heavy (non-hydrogen) atoms. The molecular formula is C11H14BrFN2O. The zero-order valence-electron chi connectivity index (χ0n) is 9.09. The second-order valence-corrected chi connectivity index (χ2v) is 4.53. The van der Waals surface area contributed by atoms with Gasteiger partial charge in [-0.2, -0.15) is 0 Å². The van der Waals surface area contributed by atoms with E-state index >= 15 is 0 Å². The first-order valence-corrected chi connectivity index (χ1v) is 6.00. The van der Waals surface area contributed by atoms with Gasteiger partial charge < -0.3 is 15.0 Å². The van der Waals surface area contributed by atoms with Crippen LogP contribution in [0.2, 0.25) is 0 Å². The predicted molar refractivity (Wildman–Crippen MR) is 65.7 cm³/mol. The van der Waals surface area contributed by atoms with Gasteiger partial charge in [0, 0.05) is 32.2 Å². The Morgan fingerprint density at radius 1 is 1.38 bits per heavy atom. The first kappa shape index (κ1) is 11.7. The van der Waals surface area contributed by atoms with Crippen LogP contribution < -0.4 is 15.0 Å². The molecule has 0 unspecified atom stereocenters. The van der Waals surface area contributed by atoms with E-state index in [9.17, 15) is 4.39 Å². The summed E-state index contributed by atoms with van der Waals surface area (Å²) in [7, 11) is 1.60. The van der Waals surface area contributed by atoms with E-state index in [1.54, 1.807) is 13.2 Å². The van der Waals surface area contributed by atoms with Crippen molar-refractivity contribution in [2.45, 2.75) is 0 Å². The standard InChI is InChI=1S/C11H14BrFN2O/c1-16-11-6-8(12)9(13)7-10(11)15-4-2-14-3-5-15/h6-7,14H,2-5H2,1H3. The molecule has 0 amide bonds. The van der Waals surface area contributed by atoms with Gasteiger partial charge in [0.05, 0.1) is 17.3 Å². The second-order valence-electron chi connectivity index (χ2n) is 3.68. The minimum atomic E-state index is -0.255. The molecule has 1 heterocycles. The number of piperazine rings is 1. The van der Waals surface area contributed by atoms with Crippen LogP contribution in [-0.4, -0.2) is 33.3 Å². The smallest absolute Gasteiger partial charge is 0.143 e. The highest BCUT2D eigenvalue weighted by Gasteiger charge is 2.17. The Labute approximate surface area is 103 Å². The summed E-state index contributed by atoms with van der Waals surface area (Å²) in [5.41, 5.74) is 0.824. The molecule has 0 radical (unpaired) electrons. The first-order valence-electron chi connectivity index (χ1n) is 5.21. The van der Waals surface area contributed by atoms with Crippen molar-refractivity contribution < 1.29 is 9.13 Å². The average molecular weight is 289 g/mol. The molecule has 88 valence electrons. The number of halogens is 2. The Morgan fingerprint density at radius 2 is 2.06 bits per heavy atom. The van der Waals surface area contributed by atoms with Gasteiger partial charge in [0.2, 0.25) is 0 Å². The lowest BCUT2D eigenvalue weighted by Gasteiger charge is -2.30. The van der Waals surface area contributed by atoms with E-state index in [0.717, 1.165) is 31.9 Å². The van der Waals surface area contributed by atoms with Gasteiger partial charge in [-0.05, 0) is 22.0 Å². The molecule has 5 heteroatoms. The monoisotopic (exact) mass is 288 g/mol. The van der Waals surface area contributed by atoms with Gasteiger partial charge in [-0.15, -0.1) is 0 Å². The molecule has 1 aromatic rings. The molecule has 1 aliphatic heterocycles. The topological polar surface area (TPSA) is 24.5 Å². The number of hydrogen-bond donors (Lipinski definition) is 1. The lowest BCUT2D eigenvalue weighted by atomic mass is 10.2. The van der Waals surface area contributed by atoms with Gasteiger partial charge >= 0.3 is 0 Å². The van der Waals surface area contributed by atoms with Crippen molar-refractivity contribution in [3.63, 3.8) is 0 Å². The summed E-state index contributed by atoms with van der Waals surface area (Å²) in [5, 5.41) is 3.26. The lowest BCUT2D eigenvalue weighted by Crippen LogP contribution is -2.43. The number of rotatable bonds is 2. The maximum absolute atomic E-state index is 13.5. The van der Waals surface area contributed by atoms with Crippen LogP contribution in [0.15, 0.2) is 16.6 Å². The summed E-state index contributed by atoms with van der Waals surface area (Å²) in [5.74, 6) is 0.449. The third-order valence-corrected chi connectivity index (χ3v) is 3.29. The molecule has 1 saturated heterocycles. The van der Waals surface area contributed by atoms with Gasteiger partial charge in [0.25, 0.3) is 0 Å². The van der Waals surface area contributed by atoms with Gasteiger partial charge in [-0.3, -0.25) is 0 Å². The fourth-order valence-corrected chi connectivity index (χ4v) is 2.16. The molecule has 1 fully saturated rings. The van der Waals surface area contributed by atoms with Gasteiger partial charge in [-0.1, -0.05) is 0 Å². The average Bonchev–Trinajstić information content (AvgIpc) is 2.33. The minimum absolute atomic E-state index is 0.255. The number of nitrogens with one attached hydrogen (secondary N) is 1. The zero-order valence-corrected chi connectivity index (χ0v) is 10.7. The quantitative estimate of drug-likeness (QED) is 0.901. The normalized spacial score (nSPS) is 16.3. The number of nitrogens with zero attached hydrogens (tertiary/aromatic N) is 1. The summed E-state index contributed by atoms with van der Waals surface area (Å²) < 4.78 is 19.2. The molecule has 1 N–H and O–H groups in total. The van der Waals surface area contributed by atoms with E-state index in [0.29, 0.717) is 10.2 Å². The molecule has 0 aromatic heterocycles. The lowest BCUT2D eigenvalue weighted by molar-refractivity contribution is 0.411. The number of methoxy groups -OCH3 is 1. The number of anilines is 1. The highest BCUT2D eigenvalue weighted by molar-refractivity contribution is 9.10. The van der Waals surface area contributed by atoms with E-state index < -0.39 is 0 Å². The van der Waals surface area contributed by atoms with Crippen LogP contribution in [0.5, 0.6) is 5.75 Å². The van der Waals surface area contributed by atoms with Crippen molar-refractivity contribution in [3.05, 3.63) is 22.4 Å². The van der Waals surface area contributed by atoms with E-state index in [4.69, 9.17) is 4.74 Å². The predicted octanol–water partition coefficient (Wildman–Crippen LogP) is 2.01. The Morgan fingerprint density at radius 3 is 2.69 bits per heavy atom. The Bertz CT molecular complexity index is 380. The number of ether oxygens (including phenoxy) is 1. The van der Waals surface area contributed by atoms with E-state index in [2.05, 4.69) is 26.1 Å². The van der Waals surface area contributed by atoms with Crippen molar-refractivity contribution in [1.29, 1.82) is 0 Å².